The molecule has 1 fully saturated rings. The molecule has 4 rings (SSSR count). The molecule has 1 N–H and O–H groups in total. The predicted octanol–water partition coefficient (Wildman–Crippen LogP) is 2.45. The molecule has 1 aromatic heterocycles. The highest BCUT2D eigenvalue weighted by Crippen LogP contribution is 2.29. The number of carbonyl (C=O) groups excluding carboxylic acids is 1. The molecule has 0 unspecified atom stereocenters. The van der Waals surface area contributed by atoms with Crippen LogP contribution in [0.3, 0.4) is 0 Å². The molecule has 2 aromatic carbocycles. The zero-order chi connectivity index (χ0) is 19.7. The van der Waals surface area contributed by atoms with Crippen molar-refractivity contribution >= 4 is 22.5 Å². The molecule has 7 nitrogen and oxygen atoms in total. The van der Waals surface area contributed by atoms with Crippen molar-refractivity contribution in [3.63, 3.8) is 0 Å². The smallest absolute Gasteiger partial charge is 0.254 e. The second-order valence-electron chi connectivity index (χ2n) is 6.90. The van der Waals surface area contributed by atoms with Gasteiger partial charge in [-0.1, -0.05) is 35.5 Å². The van der Waals surface area contributed by atoms with E-state index in [4.69, 9.17) is 4.84 Å². The number of para-hydroxylation sites is 1. The van der Waals surface area contributed by atoms with Crippen molar-refractivity contribution in [2.75, 3.05) is 20.3 Å². The van der Waals surface area contributed by atoms with E-state index in [9.17, 15) is 9.90 Å². The van der Waals surface area contributed by atoms with Crippen LogP contribution in [0.5, 0.6) is 0 Å². The molecule has 1 atom stereocenters. The molecule has 1 aliphatic heterocycles. The molecule has 144 valence electrons. The van der Waals surface area contributed by atoms with Crippen LogP contribution < -0.4 is 0 Å². The number of likely N-dealkylation sites (tertiary alicyclic amines) is 1. The summed E-state index contributed by atoms with van der Waals surface area (Å²) in [6.45, 7) is 0.267. The Hall–Kier alpha value is -3.19. The van der Waals surface area contributed by atoms with Gasteiger partial charge in [0, 0.05) is 30.0 Å². The number of oxime groups is 1. The standard InChI is InChI=1S/C21H22N4O3/c1-24-20-16(11-22-24)4-3-5-19(20)14-6-8-15(9-7-14)21(27)25-12-17(23-28-2)10-18(25)13-26/h3-9,11,18,26H,10,12-13H2,1-2H3/b23-17-/t18-/m0/s1. The lowest BCUT2D eigenvalue weighted by atomic mass is 10.0. The van der Waals surface area contributed by atoms with Gasteiger partial charge in [-0.3, -0.25) is 9.48 Å². The van der Waals surface area contributed by atoms with E-state index < -0.39 is 0 Å². The van der Waals surface area contributed by atoms with Crippen molar-refractivity contribution in [1.82, 2.24) is 14.7 Å². The summed E-state index contributed by atoms with van der Waals surface area (Å²) in [6.07, 6.45) is 2.37. The summed E-state index contributed by atoms with van der Waals surface area (Å²) in [5, 5.41) is 19.0. The van der Waals surface area contributed by atoms with Gasteiger partial charge in [-0.25, -0.2) is 0 Å². The van der Waals surface area contributed by atoms with E-state index in [-0.39, 0.29) is 18.6 Å². The molecule has 28 heavy (non-hydrogen) atoms. The number of aliphatic hydroxyl groups excluding tert-OH is 1. The number of aliphatic hydroxyl groups is 1. The number of nitrogens with zero attached hydrogens (tertiary/aromatic N) is 4. The van der Waals surface area contributed by atoms with Gasteiger partial charge in [0.15, 0.2) is 0 Å². The van der Waals surface area contributed by atoms with E-state index in [0.717, 1.165) is 27.7 Å². The van der Waals surface area contributed by atoms with Crippen LogP contribution in [-0.2, 0) is 11.9 Å². The van der Waals surface area contributed by atoms with Crippen LogP contribution in [0.4, 0.5) is 0 Å². The number of aromatic nitrogens is 2. The zero-order valence-corrected chi connectivity index (χ0v) is 15.9. The fraction of sp³-hybridized carbons (Fsp3) is 0.286. The van der Waals surface area contributed by atoms with Crippen molar-refractivity contribution in [1.29, 1.82) is 0 Å². The topological polar surface area (TPSA) is 80.0 Å². The third-order valence-corrected chi connectivity index (χ3v) is 5.16. The molecule has 0 bridgehead atoms. The molecule has 2 heterocycles. The van der Waals surface area contributed by atoms with Crippen molar-refractivity contribution < 1.29 is 14.7 Å². The SMILES string of the molecule is CO/N=C1/C[C@@H](CO)N(C(=O)c2ccc(-c3cccc4cnn(C)c34)cc2)C1. The average molecular weight is 378 g/mol. The number of rotatable bonds is 4. The first kappa shape index (κ1) is 18.2. The Morgan fingerprint density at radius 3 is 2.79 bits per heavy atom. The second kappa shape index (κ2) is 7.44. The third-order valence-electron chi connectivity index (χ3n) is 5.16. The number of carbonyl (C=O) groups is 1. The zero-order valence-electron chi connectivity index (χ0n) is 15.9. The first-order valence-corrected chi connectivity index (χ1v) is 9.14. The summed E-state index contributed by atoms with van der Waals surface area (Å²) in [7, 11) is 3.40. The molecule has 7 heteroatoms. The van der Waals surface area contributed by atoms with E-state index in [0.29, 0.717) is 18.5 Å². The molecule has 0 radical (unpaired) electrons. The average Bonchev–Trinajstić information content (AvgIpc) is 3.31. The highest BCUT2D eigenvalue weighted by Gasteiger charge is 2.33. The minimum Gasteiger partial charge on any atom is -0.399 e. The van der Waals surface area contributed by atoms with Crippen LogP contribution >= 0.6 is 0 Å². The van der Waals surface area contributed by atoms with Gasteiger partial charge in [0.25, 0.3) is 5.91 Å². The Kier molecular flexibility index (Phi) is 4.83. The second-order valence-corrected chi connectivity index (χ2v) is 6.90. The highest BCUT2D eigenvalue weighted by molar-refractivity contribution is 6.01. The summed E-state index contributed by atoms with van der Waals surface area (Å²) in [5.41, 5.74) is 4.49. The fourth-order valence-electron chi connectivity index (χ4n) is 3.79. The summed E-state index contributed by atoms with van der Waals surface area (Å²) in [5.74, 6) is -0.120. The van der Waals surface area contributed by atoms with E-state index in [1.807, 2.05) is 54.3 Å². The summed E-state index contributed by atoms with van der Waals surface area (Å²) < 4.78 is 1.86. The van der Waals surface area contributed by atoms with Crippen molar-refractivity contribution in [3.8, 4) is 11.1 Å². The third kappa shape index (κ3) is 3.14. The summed E-state index contributed by atoms with van der Waals surface area (Å²) in [4.78, 5) is 19.4. The van der Waals surface area contributed by atoms with Gasteiger partial charge in [-0.05, 0) is 17.7 Å². The minimum absolute atomic E-state index is 0.102. The molecule has 3 aromatic rings. The molecular formula is C21H22N4O3. The summed E-state index contributed by atoms with van der Waals surface area (Å²) >= 11 is 0. The molecule has 1 amide bonds. The summed E-state index contributed by atoms with van der Waals surface area (Å²) in [6, 6.07) is 13.4. The molecule has 1 aliphatic rings. The largest absolute Gasteiger partial charge is 0.399 e. The molecular weight excluding hydrogens is 356 g/mol. The number of hydrogen-bond donors (Lipinski definition) is 1. The lowest BCUT2D eigenvalue weighted by molar-refractivity contribution is 0.0680. The molecule has 0 aliphatic carbocycles. The number of benzene rings is 2. The number of hydrogen-bond acceptors (Lipinski definition) is 5. The first-order chi connectivity index (χ1) is 13.6. The van der Waals surface area contributed by atoms with Gasteiger partial charge in [0.05, 0.1) is 36.6 Å². The van der Waals surface area contributed by atoms with Gasteiger partial charge >= 0.3 is 0 Å². The van der Waals surface area contributed by atoms with Crippen molar-refractivity contribution in [3.05, 3.63) is 54.2 Å². The van der Waals surface area contributed by atoms with Crippen LogP contribution in [0.25, 0.3) is 22.0 Å². The predicted molar refractivity (Wildman–Crippen MR) is 107 cm³/mol. The van der Waals surface area contributed by atoms with Gasteiger partial charge in [0.1, 0.15) is 7.11 Å². The maximum absolute atomic E-state index is 12.9. The Labute approximate surface area is 162 Å². The molecule has 0 saturated carbocycles. The lowest BCUT2D eigenvalue weighted by Crippen LogP contribution is -2.37. The van der Waals surface area contributed by atoms with Crippen LogP contribution in [0.1, 0.15) is 16.8 Å². The van der Waals surface area contributed by atoms with Crippen molar-refractivity contribution in [2.45, 2.75) is 12.5 Å². The Bertz CT molecular complexity index is 1040. The van der Waals surface area contributed by atoms with E-state index in [2.05, 4.69) is 16.3 Å². The van der Waals surface area contributed by atoms with Gasteiger partial charge < -0.3 is 14.8 Å². The lowest BCUT2D eigenvalue weighted by Gasteiger charge is -2.22. The Morgan fingerprint density at radius 2 is 2.07 bits per heavy atom. The van der Waals surface area contributed by atoms with Crippen LogP contribution in [0.15, 0.2) is 53.8 Å². The van der Waals surface area contributed by atoms with Crippen molar-refractivity contribution in [2.24, 2.45) is 12.2 Å². The van der Waals surface area contributed by atoms with Crippen LogP contribution in [0, 0.1) is 0 Å². The Balaban J connectivity index is 1.62. The van der Waals surface area contributed by atoms with Crippen LogP contribution in [-0.4, -0.2) is 57.7 Å². The van der Waals surface area contributed by atoms with Crippen LogP contribution in [0.2, 0.25) is 0 Å². The highest BCUT2D eigenvalue weighted by atomic mass is 16.6. The normalized spacial score (nSPS) is 18.2. The quantitative estimate of drug-likeness (QED) is 0.707. The molecule has 0 spiro atoms. The van der Waals surface area contributed by atoms with Gasteiger partial charge in [-0.2, -0.15) is 5.10 Å². The molecule has 1 saturated heterocycles. The maximum Gasteiger partial charge on any atom is 0.254 e. The number of amides is 1. The monoisotopic (exact) mass is 378 g/mol. The van der Waals surface area contributed by atoms with Gasteiger partial charge in [0.2, 0.25) is 0 Å². The fourth-order valence-corrected chi connectivity index (χ4v) is 3.79. The first-order valence-electron chi connectivity index (χ1n) is 9.14. The Morgan fingerprint density at radius 1 is 1.29 bits per heavy atom. The van der Waals surface area contributed by atoms with Gasteiger partial charge in [-0.15, -0.1) is 0 Å². The number of aryl methyl sites for hydroxylation is 1. The number of fused-ring (bicyclic) bond motifs is 1. The van der Waals surface area contributed by atoms with E-state index in [1.165, 1.54) is 7.11 Å². The maximum atomic E-state index is 12.9. The van der Waals surface area contributed by atoms with E-state index >= 15 is 0 Å². The minimum atomic E-state index is -0.274. The van der Waals surface area contributed by atoms with E-state index in [1.54, 1.807) is 4.90 Å².